The Morgan fingerprint density at radius 3 is 2.15 bits per heavy atom. The first kappa shape index (κ1) is 21.9. The average molecular weight is 465 g/mol. The predicted octanol–water partition coefficient (Wildman–Crippen LogP) is 8.97. The third-order valence-electron chi connectivity index (χ3n) is 8.86. The van der Waals surface area contributed by atoms with Crippen molar-refractivity contribution in [1.29, 1.82) is 0 Å². The largest absolute Gasteiger partial charge is 0.0840 e. The Hall–Kier alpha value is -2.57. The van der Waals surface area contributed by atoms with Gasteiger partial charge in [-0.05, 0) is 67.7 Å². The fourth-order valence-corrected chi connectivity index (χ4v) is 7.87. The number of hydrogen-bond donors (Lipinski definition) is 0. The Balaban J connectivity index is 1.87. The number of rotatable bonds is 1. The lowest BCUT2D eigenvalue weighted by atomic mass is 9.54. The quantitative estimate of drug-likeness (QED) is 0.337. The third-order valence-corrected chi connectivity index (χ3v) is 9.18. The van der Waals surface area contributed by atoms with Crippen molar-refractivity contribution in [3.05, 3.63) is 123 Å². The minimum absolute atomic E-state index is 0.0220. The fraction of sp³-hybridized carbons (Fsp3) is 0.333. The van der Waals surface area contributed by atoms with E-state index in [9.17, 15) is 0 Å². The summed E-state index contributed by atoms with van der Waals surface area (Å²) in [5, 5.41) is 0.859. The molecule has 0 heterocycles. The van der Waals surface area contributed by atoms with Crippen LogP contribution in [0.2, 0.25) is 5.02 Å². The van der Waals surface area contributed by atoms with Gasteiger partial charge in [-0.1, -0.05) is 132 Å². The highest BCUT2D eigenvalue weighted by molar-refractivity contribution is 6.32. The van der Waals surface area contributed by atoms with Crippen molar-refractivity contribution in [1.82, 2.24) is 0 Å². The zero-order valence-corrected chi connectivity index (χ0v) is 21.8. The number of fused-ring (bicyclic) bond motifs is 6. The monoisotopic (exact) mass is 464 g/mol. The minimum Gasteiger partial charge on any atom is -0.0840 e. The van der Waals surface area contributed by atoms with Crippen LogP contribution in [0.15, 0.2) is 90.0 Å². The van der Waals surface area contributed by atoms with Crippen molar-refractivity contribution in [3.8, 4) is 0 Å². The van der Waals surface area contributed by atoms with Gasteiger partial charge in [0, 0.05) is 5.02 Å². The highest BCUT2D eigenvalue weighted by Crippen LogP contribution is 2.66. The average Bonchev–Trinajstić information content (AvgIpc) is 3.07. The maximum absolute atomic E-state index is 7.17. The molecule has 0 spiro atoms. The minimum atomic E-state index is -0.382. The van der Waals surface area contributed by atoms with Gasteiger partial charge in [0.15, 0.2) is 0 Å². The Labute approximate surface area is 209 Å². The molecule has 0 aliphatic heterocycles. The van der Waals surface area contributed by atoms with Crippen molar-refractivity contribution in [2.24, 2.45) is 17.3 Å². The fourth-order valence-electron chi connectivity index (χ4n) is 7.56. The van der Waals surface area contributed by atoms with E-state index in [1.54, 1.807) is 0 Å². The Morgan fingerprint density at radius 2 is 1.44 bits per heavy atom. The van der Waals surface area contributed by atoms with Gasteiger partial charge in [-0.3, -0.25) is 0 Å². The highest BCUT2D eigenvalue weighted by Gasteiger charge is 2.58. The van der Waals surface area contributed by atoms with Crippen LogP contribution in [0, 0.1) is 17.3 Å². The highest BCUT2D eigenvalue weighted by atomic mass is 35.5. The van der Waals surface area contributed by atoms with E-state index in [2.05, 4.69) is 120 Å². The number of allylic oxidation sites excluding steroid dienone is 4. The van der Waals surface area contributed by atoms with E-state index < -0.39 is 0 Å². The normalized spacial score (nSPS) is 26.5. The lowest BCUT2D eigenvalue weighted by molar-refractivity contribution is 0.255. The summed E-state index contributed by atoms with van der Waals surface area (Å²) in [7, 11) is 0. The Morgan fingerprint density at radius 1 is 0.794 bits per heavy atom. The molecule has 34 heavy (non-hydrogen) atoms. The van der Waals surface area contributed by atoms with Gasteiger partial charge >= 0.3 is 0 Å². The molecule has 0 amide bonds. The van der Waals surface area contributed by atoms with Gasteiger partial charge in [-0.15, -0.1) is 0 Å². The molecule has 0 saturated heterocycles. The van der Waals surface area contributed by atoms with E-state index in [1.165, 1.54) is 44.5 Å². The molecule has 0 nitrogen and oxygen atoms in total. The van der Waals surface area contributed by atoms with E-state index >= 15 is 0 Å². The second-order valence-corrected chi connectivity index (χ2v) is 12.4. The van der Waals surface area contributed by atoms with E-state index in [1.807, 2.05) is 0 Å². The molecule has 0 saturated carbocycles. The van der Waals surface area contributed by atoms with Crippen molar-refractivity contribution in [3.63, 3.8) is 0 Å². The van der Waals surface area contributed by atoms with Gasteiger partial charge < -0.3 is 0 Å². The van der Waals surface area contributed by atoms with Crippen molar-refractivity contribution in [2.45, 2.75) is 52.4 Å². The maximum Gasteiger partial charge on any atom is 0.0694 e. The lowest BCUT2D eigenvalue weighted by Crippen LogP contribution is -2.43. The van der Waals surface area contributed by atoms with Gasteiger partial charge in [0.1, 0.15) is 0 Å². The van der Waals surface area contributed by atoms with Crippen LogP contribution in [-0.2, 0) is 10.8 Å². The van der Waals surface area contributed by atoms with Gasteiger partial charge in [-0.2, -0.15) is 0 Å². The predicted molar refractivity (Wildman–Crippen MR) is 144 cm³/mol. The zero-order valence-electron chi connectivity index (χ0n) is 21.0. The van der Waals surface area contributed by atoms with E-state index in [-0.39, 0.29) is 16.2 Å². The van der Waals surface area contributed by atoms with Gasteiger partial charge in [0.25, 0.3) is 0 Å². The zero-order chi connectivity index (χ0) is 24.0. The molecule has 3 aromatic rings. The smallest absolute Gasteiger partial charge is 0.0694 e. The number of benzene rings is 3. The summed E-state index contributed by atoms with van der Waals surface area (Å²) < 4.78 is 0. The van der Waals surface area contributed by atoms with Crippen LogP contribution >= 0.6 is 11.6 Å². The standard InChI is InChI=1S/C33H33Cl/c1-20-26(31(2,3)4)19-25-24-16-11-17-27(34)29(24)33(21-12-8-7-9-13-21)23-15-10-14-22(18-23)32(5,6)28(20)30(25)33/h7-20,28H,1-6H3. The van der Waals surface area contributed by atoms with Crippen LogP contribution in [0.4, 0.5) is 0 Å². The van der Waals surface area contributed by atoms with Crippen molar-refractivity contribution < 1.29 is 0 Å². The topological polar surface area (TPSA) is 0 Å². The molecule has 3 aliphatic rings. The van der Waals surface area contributed by atoms with E-state index in [0.29, 0.717) is 11.8 Å². The maximum atomic E-state index is 7.17. The summed E-state index contributed by atoms with van der Waals surface area (Å²) in [6.07, 6.45) is 2.53. The Bertz CT molecular complexity index is 1380. The first-order valence-corrected chi connectivity index (χ1v) is 12.9. The van der Waals surface area contributed by atoms with Crippen molar-refractivity contribution in [2.75, 3.05) is 0 Å². The summed E-state index contributed by atoms with van der Waals surface area (Å²) in [4.78, 5) is 0. The molecule has 0 N–H and O–H groups in total. The number of hydrogen-bond acceptors (Lipinski definition) is 0. The molecular weight excluding hydrogens is 432 g/mol. The second kappa shape index (κ2) is 6.98. The molecule has 0 aromatic heterocycles. The molecule has 0 fully saturated rings. The van der Waals surface area contributed by atoms with Gasteiger partial charge in [0.2, 0.25) is 0 Å². The summed E-state index contributed by atoms with van der Waals surface area (Å²) in [5.41, 5.74) is 10.8. The molecule has 2 bridgehead atoms. The molecule has 6 rings (SSSR count). The molecule has 1 heteroatoms. The third kappa shape index (κ3) is 2.61. The summed E-state index contributed by atoms with van der Waals surface area (Å²) in [5.74, 6) is 0.768. The molecule has 3 aliphatic carbocycles. The second-order valence-electron chi connectivity index (χ2n) is 12.0. The first-order valence-electron chi connectivity index (χ1n) is 12.5. The summed E-state index contributed by atoms with van der Waals surface area (Å²) >= 11 is 7.17. The molecule has 3 atom stereocenters. The molecule has 3 unspecified atom stereocenters. The molecule has 172 valence electrons. The van der Waals surface area contributed by atoms with Crippen LogP contribution < -0.4 is 0 Å². The molecule has 0 radical (unpaired) electrons. The van der Waals surface area contributed by atoms with Gasteiger partial charge in [-0.25, -0.2) is 0 Å². The van der Waals surface area contributed by atoms with Crippen LogP contribution in [-0.4, -0.2) is 0 Å². The van der Waals surface area contributed by atoms with Crippen molar-refractivity contribution >= 4 is 17.2 Å². The molecular formula is C33H33Cl. The summed E-state index contributed by atoms with van der Waals surface area (Å²) in [6, 6.07) is 27.0. The van der Waals surface area contributed by atoms with Gasteiger partial charge in [0.05, 0.1) is 5.41 Å². The van der Waals surface area contributed by atoms with Crippen LogP contribution in [0.25, 0.3) is 5.57 Å². The first-order chi connectivity index (χ1) is 16.1. The SMILES string of the molecule is CC1C(C(C)(C)C)=CC2=C3C1C(C)(C)c1cccc(c1)C3(c1ccccc1)c1c(Cl)cccc12. The number of halogens is 1. The van der Waals surface area contributed by atoms with Crippen LogP contribution in [0.5, 0.6) is 0 Å². The molecule has 3 aromatic carbocycles. The summed E-state index contributed by atoms with van der Waals surface area (Å²) in [6.45, 7) is 14.5. The lowest BCUT2D eigenvalue weighted by Gasteiger charge is -2.48. The van der Waals surface area contributed by atoms with E-state index in [4.69, 9.17) is 11.6 Å². The van der Waals surface area contributed by atoms with Crippen LogP contribution in [0.3, 0.4) is 0 Å². The Kier molecular flexibility index (Phi) is 4.50. The van der Waals surface area contributed by atoms with E-state index in [0.717, 1.165) is 5.02 Å². The van der Waals surface area contributed by atoms with Crippen LogP contribution in [0.1, 0.15) is 69.4 Å².